The number of aliphatic hydroxyl groups is 1. The van der Waals surface area contributed by atoms with Crippen molar-refractivity contribution in [3.8, 4) is 0 Å². The zero-order valence-electron chi connectivity index (χ0n) is 19.4. The molecule has 0 bridgehead atoms. The number of unbranched alkanes of at least 4 members (excludes halogenated alkanes) is 18. The van der Waals surface area contributed by atoms with E-state index >= 15 is 0 Å². The van der Waals surface area contributed by atoms with E-state index in [1.54, 1.807) is 0 Å². The summed E-state index contributed by atoms with van der Waals surface area (Å²) >= 11 is 5.98. The average Bonchev–Trinajstić information content (AvgIpc) is 3.15. The molecule has 0 aliphatic carbocycles. The van der Waals surface area contributed by atoms with Gasteiger partial charge in [0.05, 0.1) is 6.54 Å². The molecule has 1 aliphatic rings. The van der Waals surface area contributed by atoms with Gasteiger partial charge < -0.3 is 10.0 Å². The number of aliphatic imine (C=N–C) groups is 1. The summed E-state index contributed by atoms with van der Waals surface area (Å²) in [6.45, 7) is 3.77. The molecule has 0 spiro atoms. The number of aliphatic hydroxyl groups excluding tert-OH is 1. The minimum Gasteiger partial charge on any atom is -0.374 e. The molecular formula is C25H49ClN2O. The van der Waals surface area contributed by atoms with Crippen molar-refractivity contribution >= 4 is 16.9 Å². The second kappa shape index (κ2) is 19.7. The van der Waals surface area contributed by atoms with Gasteiger partial charge in [0.25, 0.3) is 0 Å². The Bertz CT molecular complexity index is 389. The average molecular weight is 429 g/mol. The van der Waals surface area contributed by atoms with Crippen LogP contribution in [0.25, 0.3) is 0 Å². The van der Waals surface area contributed by atoms with Crippen LogP contribution in [-0.2, 0) is 0 Å². The van der Waals surface area contributed by atoms with E-state index in [0.717, 1.165) is 25.9 Å². The van der Waals surface area contributed by atoms with Crippen molar-refractivity contribution in [2.45, 2.75) is 142 Å². The third-order valence-corrected chi connectivity index (χ3v) is 6.58. The van der Waals surface area contributed by atoms with E-state index in [2.05, 4.69) is 11.9 Å². The van der Waals surface area contributed by atoms with E-state index in [1.165, 1.54) is 116 Å². The lowest BCUT2D eigenvalue weighted by Crippen LogP contribution is -2.35. The molecular weight excluding hydrogens is 380 g/mol. The van der Waals surface area contributed by atoms with Gasteiger partial charge in [-0.1, -0.05) is 122 Å². The largest absolute Gasteiger partial charge is 0.374 e. The van der Waals surface area contributed by atoms with Crippen LogP contribution in [0.15, 0.2) is 4.99 Å². The quantitative estimate of drug-likeness (QED) is 0.148. The summed E-state index contributed by atoms with van der Waals surface area (Å²) in [5.41, 5.74) is 0. The summed E-state index contributed by atoms with van der Waals surface area (Å²) in [6.07, 6.45) is 26.8. The first-order valence-electron chi connectivity index (χ1n) is 12.9. The Morgan fingerprint density at radius 1 is 0.724 bits per heavy atom. The van der Waals surface area contributed by atoms with Gasteiger partial charge in [-0.2, -0.15) is 0 Å². The highest BCUT2D eigenvalue weighted by Crippen LogP contribution is 2.17. The van der Waals surface area contributed by atoms with Crippen LogP contribution in [0.4, 0.5) is 0 Å². The fourth-order valence-electron chi connectivity index (χ4n) is 4.27. The minimum absolute atomic E-state index is 0.445. The fourth-order valence-corrected chi connectivity index (χ4v) is 4.55. The van der Waals surface area contributed by atoms with Gasteiger partial charge in [-0.15, -0.1) is 0 Å². The van der Waals surface area contributed by atoms with Gasteiger partial charge in [0.1, 0.15) is 6.23 Å². The monoisotopic (exact) mass is 428 g/mol. The molecule has 0 aromatic rings. The minimum atomic E-state index is -0.445. The van der Waals surface area contributed by atoms with Crippen molar-refractivity contribution in [1.82, 2.24) is 4.90 Å². The van der Waals surface area contributed by atoms with Crippen molar-refractivity contribution < 1.29 is 5.11 Å². The summed E-state index contributed by atoms with van der Waals surface area (Å²) in [5, 5.41) is 10.6. The molecule has 0 saturated heterocycles. The Morgan fingerprint density at radius 2 is 1.10 bits per heavy atom. The molecule has 4 heteroatoms. The second-order valence-corrected chi connectivity index (χ2v) is 9.32. The van der Waals surface area contributed by atoms with Gasteiger partial charge in [-0.25, -0.2) is 0 Å². The van der Waals surface area contributed by atoms with Crippen LogP contribution in [-0.4, -0.2) is 34.6 Å². The van der Waals surface area contributed by atoms with Gasteiger partial charge in [-0.05, 0) is 24.4 Å². The molecule has 1 unspecified atom stereocenters. The summed E-state index contributed by atoms with van der Waals surface area (Å²) < 4.78 is 0. The maximum Gasteiger partial charge on any atom is 0.196 e. The number of halogens is 1. The number of hydrogen-bond acceptors (Lipinski definition) is 3. The highest BCUT2D eigenvalue weighted by atomic mass is 35.5. The first kappa shape index (κ1) is 26.8. The van der Waals surface area contributed by atoms with E-state index in [4.69, 9.17) is 11.6 Å². The Hall–Kier alpha value is -0.280. The van der Waals surface area contributed by atoms with Crippen LogP contribution in [0.5, 0.6) is 0 Å². The number of nitrogens with zero attached hydrogens (tertiary/aromatic N) is 2. The van der Waals surface area contributed by atoms with E-state index in [1.807, 2.05) is 4.90 Å². The molecule has 1 atom stereocenters. The zero-order valence-corrected chi connectivity index (χ0v) is 20.1. The summed E-state index contributed by atoms with van der Waals surface area (Å²) in [5.74, 6) is 0. The Morgan fingerprint density at radius 3 is 1.45 bits per heavy atom. The van der Waals surface area contributed by atoms with Crippen LogP contribution in [0.1, 0.15) is 135 Å². The first-order valence-corrected chi connectivity index (χ1v) is 13.3. The van der Waals surface area contributed by atoms with Crippen molar-refractivity contribution in [3.05, 3.63) is 0 Å². The van der Waals surface area contributed by atoms with Crippen molar-refractivity contribution in [2.75, 3.05) is 13.1 Å². The lowest BCUT2D eigenvalue weighted by atomic mass is 10.0. The molecule has 1 heterocycles. The van der Waals surface area contributed by atoms with Crippen LogP contribution in [0, 0.1) is 0 Å². The molecule has 0 fully saturated rings. The Kier molecular flexibility index (Phi) is 18.1. The lowest BCUT2D eigenvalue weighted by molar-refractivity contribution is 0.0520. The number of amidine groups is 1. The van der Waals surface area contributed by atoms with Crippen LogP contribution in [0.2, 0.25) is 0 Å². The van der Waals surface area contributed by atoms with Crippen LogP contribution < -0.4 is 0 Å². The highest BCUT2D eigenvalue weighted by Gasteiger charge is 2.21. The molecule has 0 aromatic heterocycles. The Labute approximate surface area is 186 Å². The highest BCUT2D eigenvalue weighted by molar-refractivity contribution is 6.64. The summed E-state index contributed by atoms with van der Waals surface area (Å²) in [4.78, 5) is 5.93. The molecule has 0 saturated carbocycles. The molecule has 1 aliphatic heterocycles. The SMILES string of the molecule is CCCCCCCCCCCCCCCCCCCCCC(O)N1CCN=C1Cl. The molecule has 0 amide bonds. The Balaban J connectivity index is 1.70. The van der Waals surface area contributed by atoms with E-state index < -0.39 is 6.23 Å². The third kappa shape index (κ3) is 15.2. The van der Waals surface area contributed by atoms with E-state index in [9.17, 15) is 5.11 Å². The number of rotatable bonds is 21. The zero-order chi connectivity index (χ0) is 21.0. The third-order valence-electron chi connectivity index (χ3n) is 6.25. The summed E-state index contributed by atoms with van der Waals surface area (Å²) in [6, 6.07) is 0. The van der Waals surface area contributed by atoms with Crippen LogP contribution >= 0.6 is 11.6 Å². The van der Waals surface area contributed by atoms with Crippen molar-refractivity contribution in [3.63, 3.8) is 0 Å². The molecule has 3 nitrogen and oxygen atoms in total. The molecule has 1 rings (SSSR count). The molecule has 172 valence electrons. The summed E-state index contributed by atoms with van der Waals surface area (Å²) in [7, 11) is 0. The van der Waals surface area contributed by atoms with Gasteiger partial charge in [0.15, 0.2) is 5.29 Å². The van der Waals surface area contributed by atoms with Gasteiger partial charge in [-0.3, -0.25) is 4.99 Å². The smallest absolute Gasteiger partial charge is 0.196 e. The molecule has 0 radical (unpaired) electrons. The second-order valence-electron chi connectivity index (χ2n) is 8.98. The maximum atomic E-state index is 10.1. The van der Waals surface area contributed by atoms with Gasteiger partial charge >= 0.3 is 0 Å². The fraction of sp³-hybridized carbons (Fsp3) is 0.960. The number of hydrogen-bond donors (Lipinski definition) is 1. The lowest BCUT2D eigenvalue weighted by Gasteiger charge is -2.23. The normalized spacial score (nSPS) is 15.1. The molecule has 0 aromatic carbocycles. The molecule has 29 heavy (non-hydrogen) atoms. The van der Waals surface area contributed by atoms with E-state index in [-0.39, 0.29) is 0 Å². The van der Waals surface area contributed by atoms with Crippen molar-refractivity contribution in [1.29, 1.82) is 0 Å². The van der Waals surface area contributed by atoms with Gasteiger partial charge in [0.2, 0.25) is 0 Å². The topological polar surface area (TPSA) is 35.8 Å². The predicted octanol–water partition coefficient (Wildman–Crippen LogP) is 8.04. The first-order chi connectivity index (χ1) is 14.3. The van der Waals surface area contributed by atoms with Gasteiger partial charge in [0, 0.05) is 6.54 Å². The maximum absolute atomic E-state index is 10.1. The van der Waals surface area contributed by atoms with Crippen molar-refractivity contribution in [2.24, 2.45) is 4.99 Å². The van der Waals surface area contributed by atoms with Crippen LogP contribution in [0.3, 0.4) is 0 Å². The predicted molar refractivity (Wildman–Crippen MR) is 129 cm³/mol. The standard InChI is InChI=1S/C25H49ClN2O/c1-2-3-4-5-6-7-8-9-10-11-12-13-14-15-16-17-18-19-20-21-24(29)28-23-22-27-25(28)26/h24,29H,2-23H2,1H3. The molecule has 1 N–H and O–H groups in total. The van der Waals surface area contributed by atoms with E-state index in [0.29, 0.717) is 5.29 Å².